The van der Waals surface area contributed by atoms with Crippen LogP contribution in [0.25, 0.3) is 0 Å². The Morgan fingerprint density at radius 1 is 1.24 bits per heavy atom. The van der Waals surface area contributed by atoms with E-state index in [1.54, 1.807) is 12.1 Å². The van der Waals surface area contributed by atoms with Crippen LogP contribution in [0.2, 0.25) is 0 Å². The van der Waals surface area contributed by atoms with E-state index in [4.69, 9.17) is 0 Å². The summed E-state index contributed by atoms with van der Waals surface area (Å²) in [6.07, 6.45) is 0.799. The second-order valence-corrected chi connectivity index (χ2v) is 7.15. The van der Waals surface area contributed by atoms with Gasteiger partial charge in [0.2, 0.25) is 0 Å². The molecule has 1 aliphatic heterocycles. The molecule has 0 atom stereocenters. The number of carbonyl (C=O) groups excluding carboxylic acids is 1. The number of hydrogen-bond acceptors (Lipinski definition) is 3. The molecular formula is C12H15NO3S. The molecule has 1 N–H and O–H groups in total. The topological polar surface area (TPSA) is 63.2 Å². The van der Waals surface area contributed by atoms with Crippen LogP contribution in [0.1, 0.15) is 36.7 Å². The number of amides is 1. The van der Waals surface area contributed by atoms with E-state index in [1.807, 2.05) is 4.72 Å². The quantitative estimate of drug-likeness (QED) is 0.828. The lowest BCUT2D eigenvalue weighted by Gasteiger charge is -2.18. The van der Waals surface area contributed by atoms with Crippen molar-refractivity contribution >= 4 is 15.9 Å². The number of carbonyl (C=O) groups is 1. The number of benzene rings is 1. The molecule has 0 saturated carbocycles. The van der Waals surface area contributed by atoms with Gasteiger partial charge in [0, 0.05) is 0 Å². The van der Waals surface area contributed by atoms with Gasteiger partial charge in [-0.2, -0.15) is 0 Å². The Kier molecular flexibility index (Phi) is 2.54. The molecule has 1 heterocycles. The van der Waals surface area contributed by atoms with Crippen molar-refractivity contribution in [3.8, 4) is 0 Å². The molecule has 1 aromatic carbocycles. The Morgan fingerprint density at radius 2 is 1.88 bits per heavy atom. The lowest BCUT2D eigenvalue weighted by molar-refractivity contribution is 0.0985. The fourth-order valence-electron chi connectivity index (χ4n) is 1.94. The smallest absolute Gasteiger partial charge is 0.266 e. The van der Waals surface area contributed by atoms with Crippen LogP contribution < -0.4 is 4.72 Å². The van der Waals surface area contributed by atoms with Crippen molar-refractivity contribution in [2.45, 2.75) is 32.1 Å². The average molecular weight is 253 g/mol. The minimum atomic E-state index is -3.61. The lowest BCUT2D eigenvalue weighted by atomic mass is 9.88. The van der Waals surface area contributed by atoms with Gasteiger partial charge in [-0.25, -0.2) is 13.1 Å². The highest BCUT2D eigenvalue weighted by atomic mass is 32.2. The second kappa shape index (κ2) is 3.57. The summed E-state index contributed by atoms with van der Waals surface area (Å²) in [5.74, 6) is -0.532. The van der Waals surface area contributed by atoms with Crippen LogP contribution in [0, 0.1) is 5.41 Å². The number of hydrogen-bond donors (Lipinski definition) is 1. The largest absolute Gasteiger partial charge is 0.268 e. The van der Waals surface area contributed by atoms with Crippen molar-refractivity contribution in [2.75, 3.05) is 0 Å². The summed E-state index contributed by atoms with van der Waals surface area (Å²) in [7, 11) is -3.61. The van der Waals surface area contributed by atoms with Gasteiger partial charge in [0.1, 0.15) is 4.90 Å². The normalized spacial score (nSPS) is 17.7. The van der Waals surface area contributed by atoms with Crippen LogP contribution >= 0.6 is 0 Å². The fourth-order valence-corrected chi connectivity index (χ4v) is 3.10. The van der Waals surface area contributed by atoms with Crippen LogP contribution in [0.3, 0.4) is 0 Å². The Morgan fingerprint density at radius 3 is 2.47 bits per heavy atom. The maximum atomic E-state index is 11.5. The molecule has 2 rings (SSSR count). The van der Waals surface area contributed by atoms with E-state index < -0.39 is 15.9 Å². The molecular weight excluding hydrogens is 238 g/mol. The standard InChI is InChI=1S/C12H15NO3S/c1-12(2,3)7-8-4-5-10-9(6-8)11(14)13-17(10,15)16/h4-6H,7H2,1-3H3,(H,13,14). The lowest BCUT2D eigenvalue weighted by Crippen LogP contribution is -2.20. The third kappa shape index (κ3) is 2.34. The zero-order valence-electron chi connectivity index (χ0n) is 10.1. The van der Waals surface area contributed by atoms with E-state index in [0.717, 1.165) is 12.0 Å². The first kappa shape index (κ1) is 12.1. The molecule has 0 saturated heterocycles. The van der Waals surface area contributed by atoms with E-state index in [9.17, 15) is 13.2 Å². The zero-order valence-corrected chi connectivity index (χ0v) is 10.9. The van der Waals surface area contributed by atoms with E-state index >= 15 is 0 Å². The van der Waals surface area contributed by atoms with Gasteiger partial charge < -0.3 is 0 Å². The van der Waals surface area contributed by atoms with Gasteiger partial charge >= 0.3 is 0 Å². The first-order chi connectivity index (χ1) is 7.69. The maximum absolute atomic E-state index is 11.5. The molecule has 1 aromatic rings. The van der Waals surface area contributed by atoms with Gasteiger partial charge in [0.05, 0.1) is 5.56 Å². The van der Waals surface area contributed by atoms with E-state index in [2.05, 4.69) is 20.8 Å². The summed E-state index contributed by atoms with van der Waals surface area (Å²) >= 11 is 0. The SMILES string of the molecule is CC(C)(C)Cc1ccc2c(c1)C(=O)NS2(=O)=O. The van der Waals surface area contributed by atoms with Crippen LogP contribution in [-0.2, 0) is 16.4 Å². The Labute approximate surface area is 101 Å². The molecule has 4 nitrogen and oxygen atoms in total. The highest BCUT2D eigenvalue weighted by Gasteiger charge is 2.32. The van der Waals surface area contributed by atoms with Gasteiger partial charge in [-0.1, -0.05) is 26.8 Å². The Hall–Kier alpha value is -1.36. The number of nitrogens with one attached hydrogen (secondary N) is 1. The predicted octanol–water partition coefficient (Wildman–Crippen LogP) is 1.71. The third-order valence-corrected chi connectivity index (χ3v) is 3.93. The number of fused-ring (bicyclic) bond motifs is 1. The molecule has 0 radical (unpaired) electrons. The molecule has 0 spiro atoms. The molecule has 0 unspecified atom stereocenters. The highest BCUT2D eigenvalue weighted by Crippen LogP contribution is 2.27. The second-order valence-electron chi connectivity index (χ2n) is 5.50. The minimum absolute atomic E-state index is 0.0835. The first-order valence-electron chi connectivity index (χ1n) is 5.39. The van der Waals surface area contributed by atoms with Crippen molar-refractivity contribution in [2.24, 2.45) is 5.41 Å². The van der Waals surface area contributed by atoms with E-state index in [-0.39, 0.29) is 15.9 Å². The maximum Gasteiger partial charge on any atom is 0.266 e. The average Bonchev–Trinajstić information content (AvgIpc) is 2.34. The van der Waals surface area contributed by atoms with Crippen LogP contribution in [0.4, 0.5) is 0 Å². The van der Waals surface area contributed by atoms with Gasteiger partial charge in [-0.15, -0.1) is 0 Å². The van der Waals surface area contributed by atoms with Crippen molar-refractivity contribution < 1.29 is 13.2 Å². The van der Waals surface area contributed by atoms with Crippen molar-refractivity contribution in [3.63, 3.8) is 0 Å². The fraction of sp³-hybridized carbons (Fsp3) is 0.417. The number of rotatable bonds is 1. The van der Waals surface area contributed by atoms with E-state index in [0.29, 0.717) is 0 Å². The van der Waals surface area contributed by atoms with Crippen molar-refractivity contribution in [1.29, 1.82) is 0 Å². The summed E-state index contributed by atoms with van der Waals surface area (Å²) in [4.78, 5) is 11.6. The molecule has 1 amide bonds. The Balaban J connectivity index is 2.47. The zero-order chi connectivity index (χ0) is 12.8. The Bertz CT molecular complexity index is 582. The summed E-state index contributed by atoms with van der Waals surface area (Å²) in [6, 6.07) is 4.94. The molecule has 92 valence electrons. The molecule has 5 heteroatoms. The minimum Gasteiger partial charge on any atom is -0.268 e. The van der Waals surface area contributed by atoms with Crippen LogP contribution in [0.15, 0.2) is 23.1 Å². The third-order valence-electron chi connectivity index (χ3n) is 2.54. The summed E-state index contributed by atoms with van der Waals surface area (Å²) < 4.78 is 25.0. The molecule has 1 aliphatic rings. The predicted molar refractivity (Wildman–Crippen MR) is 64.3 cm³/mol. The first-order valence-corrected chi connectivity index (χ1v) is 6.87. The van der Waals surface area contributed by atoms with Crippen LogP contribution in [-0.4, -0.2) is 14.3 Å². The van der Waals surface area contributed by atoms with Gasteiger partial charge in [0.15, 0.2) is 0 Å². The number of sulfonamides is 1. The summed E-state index contributed by atoms with van der Waals surface area (Å²) in [5.41, 5.74) is 1.33. The monoisotopic (exact) mass is 253 g/mol. The molecule has 0 aromatic heterocycles. The summed E-state index contributed by atoms with van der Waals surface area (Å²) in [6.45, 7) is 6.28. The molecule has 0 aliphatic carbocycles. The van der Waals surface area contributed by atoms with Crippen molar-refractivity contribution in [3.05, 3.63) is 29.3 Å². The van der Waals surface area contributed by atoms with E-state index in [1.165, 1.54) is 6.07 Å². The molecule has 0 fully saturated rings. The van der Waals surface area contributed by atoms with Gasteiger partial charge in [-0.05, 0) is 29.5 Å². The highest BCUT2D eigenvalue weighted by molar-refractivity contribution is 7.90. The van der Waals surface area contributed by atoms with Crippen molar-refractivity contribution in [1.82, 2.24) is 4.72 Å². The molecule has 0 bridgehead atoms. The van der Waals surface area contributed by atoms with Gasteiger partial charge in [0.25, 0.3) is 15.9 Å². The molecule has 17 heavy (non-hydrogen) atoms. The van der Waals surface area contributed by atoms with Crippen LogP contribution in [0.5, 0.6) is 0 Å². The van der Waals surface area contributed by atoms with Gasteiger partial charge in [-0.3, -0.25) is 4.79 Å². The summed E-state index contributed by atoms with van der Waals surface area (Å²) in [5, 5.41) is 0.